The van der Waals surface area contributed by atoms with Crippen molar-refractivity contribution in [3.05, 3.63) is 27.7 Å². The highest BCUT2D eigenvalue weighted by molar-refractivity contribution is 5.66. The molecule has 1 aromatic rings. The molecule has 1 aromatic carbocycles. The van der Waals surface area contributed by atoms with Crippen molar-refractivity contribution >= 4 is 11.4 Å². The number of aryl methyl sites for hydroxylation is 1. The maximum atomic E-state index is 10.4. The molecular weight excluding hydrogens is 152 g/mol. The molecule has 0 radical (unpaired) electrons. The summed E-state index contributed by atoms with van der Waals surface area (Å²) in [6.07, 6.45) is 0. The van der Waals surface area contributed by atoms with Crippen LogP contribution in [-0.4, -0.2) is 0 Å². The van der Waals surface area contributed by atoms with Crippen LogP contribution in [0.4, 0.5) is 11.4 Å². The van der Waals surface area contributed by atoms with E-state index in [2.05, 4.69) is 5.18 Å². The Morgan fingerprint density at radius 3 is 2.33 bits per heavy atom. The average Bonchev–Trinajstić information content (AvgIpc) is 2.02. The summed E-state index contributed by atoms with van der Waals surface area (Å²) in [5, 5.41) is 2.96. The number of nitrogen functional groups attached to an aromatic ring is 1. The second-order valence-corrected chi connectivity index (χ2v) is 2.97. The van der Waals surface area contributed by atoms with E-state index in [-0.39, 0.29) is 0 Å². The number of hydrogen-bond acceptors (Lipinski definition) is 3. The van der Waals surface area contributed by atoms with Crippen LogP contribution in [0, 0.1) is 25.7 Å². The minimum atomic E-state index is 0.479. The maximum absolute atomic E-state index is 10.4. The van der Waals surface area contributed by atoms with E-state index in [0.717, 1.165) is 16.7 Å². The van der Waals surface area contributed by atoms with Gasteiger partial charge in [0.1, 0.15) is 5.69 Å². The molecule has 2 N–H and O–H groups in total. The number of benzene rings is 1. The van der Waals surface area contributed by atoms with Crippen molar-refractivity contribution in [2.75, 3.05) is 5.73 Å². The van der Waals surface area contributed by atoms with Gasteiger partial charge >= 0.3 is 0 Å². The van der Waals surface area contributed by atoms with Gasteiger partial charge in [-0.1, -0.05) is 0 Å². The predicted octanol–water partition coefficient (Wildman–Crippen LogP) is 2.59. The smallest absolute Gasteiger partial charge is 0.116 e. The van der Waals surface area contributed by atoms with Crippen LogP contribution in [0.3, 0.4) is 0 Å². The number of nitrogens with two attached hydrogens (primary N) is 1. The molecule has 64 valence electrons. The van der Waals surface area contributed by atoms with Gasteiger partial charge in [0.25, 0.3) is 0 Å². The zero-order chi connectivity index (χ0) is 9.30. The Kier molecular flexibility index (Phi) is 2.13. The molecule has 0 amide bonds. The van der Waals surface area contributed by atoms with E-state index in [4.69, 9.17) is 5.73 Å². The summed E-state index contributed by atoms with van der Waals surface area (Å²) in [6.45, 7) is 5.59. The lowest BCUT2D eigenvalue weighted by atomic mass is 10.0. The molecule has 0 spiro atoms. The molecule has 0 aliphatic carbocycles. The topological polar surface area (TPSA) is 55.4 Å². The summed E-state index contributed by atoms with van der Waals surface area (Å²) in [5.74, 6) is 0. The molecular formula is C9H12N2O. The van der Waals surface area contributed by atoms with Crippen LogP contribution in [-0.2, 0) is 0 Å². The van der Waals surface area contributed by atoms with Crippen molar-refractivity contribution in [3.8, 4) is 0 Å². The SMILES string of the molecule is Cc1cc(N)c(C)c(N=O)c1C. The molecule has 0 atom stereocenters. The highest BCUT2D eigenvalue weighted by Gasteiger charge is 2.08. The first-order valence-electron chi connectivity index (χ1n) is 3.77. The van der Waals surface area contributed by atoms with Crippen molar-refractivity contribution < 1.29 is 0 Å². The van der Waals surface area contributed by atoms with Crippen LogP contribution in [0.1, 0.15) is 16.7 Å². The largest absolute Gasteiger partial charge is 0.398 e. The van der Waals surface area contributed by atoms with Crippen molar-refractivity contribution in [2.24, 2.45) is 5.18 Å². The van der Waals surface area contributed by atoms with Gasteiger partial charge in [-0.3, -0.25) is 0 Å². The van der Waals surface area contributed by atoms with Gasteiger partial charge in [0, 0.05) is 11.3 Å². The first kappa shape index (κ1) is 8.71. The second-order valence-electron chi connectivity index (χ2n) is 2.97. The maximum Gasteiger partial charge on any atom is 0.116 e. The van der Waals surface area contributed by atoms with Gasteiger partial charge in [-0.05, 0) is 43.1 Å². The van der Waals surface area contributed by atoms with Gasteiger partial charge in [0.05, 0.1) is 0 Å². The van der Waals surface area contributed by atoms with Crippen molar-refractivity contribution in [2.45, 2.75) is 20.8 Å². The zero-order valence-corrected chi connectivity index (χ0v) is 7.51. The van der Waals surface area contributed by atoms with Crippen LogP contribution in [0.15, 0.2) is 11.2 Å². The first-order chi connectivity index (χ1) is 5.57. The summed E-state index contributed by atoms with van der Waals surface area (Å²) in [6, 6.07) is 1.86. The number of nitroso groups, excluding NO2 is 1. The molecule has 12 heavy (non-hydrogen) atoms. The van der Waals surface area contributed by atoms with Crippen molar-refractivity contribution in [1.29, 1.82) is 0 Å². The molecule has 0 aromatic heterocycles. The van der Waals surface area contributed by atoms with Gasteiger partial charge in [-0.15, -0.1) is 4.91 Å². The Morgan fingerprint density at radius 1 is 1.25 bits per heavy atom. The molecule has 3 nitrogen and oxygen atoms in total. The zero-order valence-electron chi connectivity index (χ0n) is 7.51. The van der Waals surface area contributed by atoms with Gasteiger partial charge in [-0.2, -0.15) is 0 Å². The van der Waals surface area contributed by atoms with Crippen molar-refractivity contribution in [1.82, 2.24) is 0 Å². The standard InChI is InChI=1S/C9H12N2O/c1-5-4-8(10)7(3)9(11-12)6(5)2/h4H,10H2,1-3H3. The summed E-state index contributed by atoms with van der Waals surface area (Å²) in [5.41, 5.74) is 9.47. The Labute approximate surface area is 71.6 Å². The van der Waals surface area contributed by atoms with E-state index in [9.17, 15) is 4.91 Å². The number of hydrogen-bond donors (Lipinski definition) is 1. The highest BCUT2D eigenvalue weighted by Crippen LogP contribution is 2.30. The molecule has 0 saturated heterocycles. The quantitative estimate of drug-likeness (QED) is 0.512. The molecule has 0 heterocycles. The van der Waals surface area contributed by atoms with Gasteiger partial charge in [0.2, 0.25) is 0 Å². The Bertz CT molecular complexity index is 306. The lowest BCUT2D eigenvalue weighted by Crippen LogP contribution is -1.93. The summed E-state index contributed by atoms with van der Waals surface area (Å²) in [4.78, 5) is 10.4. The molecule has 3 heteroatoms. The van der Waals surface area contributed by atoms with Crippen LogP contribution >= 0.6 is 0 Å². The molecule has 0 saturated carbocycles. The number of rotatable bonds is 1. The normalized spacial score (nSPS) is 9.92. The Morgan fingerprint density at radius 2 is 1.83 bits per heavy atom. The third-order valence-corrected chi connectivity index (χ3v) is 2.20. The van der Waals surface area contributed by atoms with Crippen molar-refractivity contribution in [3.63, 3.8) is 0 Å². The van der Waals surface area contributed by atoms with Crippen LogP contribution < -0.4 is 5.73 Å². The number of anilines is 1. The van der Waals surface area contributed by atoms with E-state index < -0.39 is 0 Å². The molecule has 0 bridgehead atoms. The third kappa shape index (κ3) is 1.18. The van der Waals surface area contributed by atoms with Crippen LogP contribution in [0.5, 0.6) is 0 Å². The van der Waals surface area contributed by atoms with E-state index in [1.807, 2.05) is 19.9 Å². The van der Waals surface area contributed by atoms with E-state index in [0.29, 0.717) is 11.4 Å². The van der Waals surface area contributed by atoms with Crippen LogP contribution in [0.2, 0.25) is 0 Å². The fourth-order valence-electron chi connectivity index (χ4n) is 1.19. The molecule has 0 unspecified atom stereocenters. The minimum absolute atomic E-state index is 0.479. The predicted molar refractivity (Wildman–Crippen MR) is 50.5 cm³/mol. The monoisotopic (exact) mass is 164 g/mol. The van der Waals surface area contributed by atoms with E-state index >= 15 is 0 Å². The highest BCUT2D eigenvalue weighted by atomic mass is 16.3. The minimum Gasteiger partial charge on any atom is -0.398 e. The summed E-state index contributed by atoms with van der Waals surface area (Å²) < 4.78 is 0. The summed E-state index contributed by atoms with van der Waals surface area (Å²) in [7, 11) is 0. The Balaban J connectivity index is 3.52. The molecule has 1 rings (SSSR count). The molecule has 0 aliphatic rings. The van der Waals surface area contributed by atoms with E-state index in [1.165, 1.54) is 0 Å². The summed E-state index contributed by atoms with van der Waals surface area (Å²) >= 11 is 0. The molecule has 0 aliphatic heterocycles. The van der Waals surface area contributed by atoms with Crippen LogP contribution in [0.25, 0.3) is 0 Å². The Hall–Kier alpha value is -1.38. The van der Waals surface area contributed by atoms with Gasteiger partial charge in [0.15, 0.2) is 0 Å². The molecule has 0 fully saturated rings. The fraction of sp³-hybridized carbons (Fsp3) is 0.333. The lowest BCUT2D eigenvalue weighted by Gasteiger charge is -2.08. The fourth-order valence-corrected chi connectivity index (χ4v) is 1.19. The first-order valence-corrected chi connectivity index (χ1v) is 3.77. The van der Waals surface area contributed by atoms with Gasteiger partial charge < -0.3 is 5.73 Å². The van der Waals surface area contributed by atoms with Gasteiger partial charge in [-0.25, -0.2) is 0 Å². The second kappa shape index (κ2) is 2.93. The van der Waals surface area contributed by atoms with E-state index in [1.54, 1.807) is 6.92 Å². The lowest BCUT2D eigenvalue weighted by molar-refractivity contribution is 1.26. The average molecular weight is 164 g/mol. The third-order valence-electron chi connectivity index (χ3n) is 2.20. The number of nitrogens with zero attached hydrogens (tertiary/aromatic N) is 1.